The second kappa shape index (κ2) is 7.92. The zero-order valence-electron chi connectivity index (χ0n) is 11.5. The van der Waals surface area contributed by atoms with E-state index in [0.29, 0.717) is 6.42 Å². The van der Waals surface area contributed by atoms with Gasteiger partial charge < -0.3 is 5.11 Å². The second-order valence-electron chi connectivity index (χ2n) is 4.93. The SMILES string of the molecule is C#CCC(C)(O)/C=C/C=C(\C)CCC=C(C)C. The molecule has 1 atom stereocenters. The van der Waals surface area contributed by atoms with Crippen molar-refractivity contribution in [2.75, 3.05) is 0 Å². The molecule has 0 aliphatic heterocycles. The average Bonchev–Trinajstić information content (AvgIpc) is 2.16. The van der Waals surface area contributed by atoms with E-state index in [9.17, 15) is 5.11 Å². The molecular formula is C16H24O. The molecule has 0 saturated carbocycles. The van der Waals surface area contributed by atoms with Crippen LogP contribution in [0, 0.1) is 12.3 Å². The molecule has 1 N–H and O–H groups in total. The van der Waals surface area contributed by atoms with E-state index in [-0.39, 0.29) is 0 Å². The molecule has 0 aliphatic carbocycles. The fourth-order valence-electron chi connectivity index (χ4n) is 1.36. The Morgan fingerprint density at radius 3 is 2.53 bits per heavy atom. The summed E-state index contributed by atoms with van der Waals surface area (Å²) in [5.41, 5.74) is 1.76. The Balaban J connectivity index is 4.19. The van der Waals surface area contributed by atoms with Crippen molar-refractivity contribution in [2.45, 2.75) is 52.6 Å². The first-order valence-electron chi connectivity index (χ1n) is 6.01. The number of rotatable bonds is 6. The minimum atomic E-state index is -0.897. The Morgan fingerprint density at radius 1 is 1.35 bits per heavy atom. The van der Waals surface area contributed by atoms with Gasteiger partial charge >= 0.3 is 0 Å². The Hall–Kier alpha value is -1.26. The Kier molecular flexibility index (Phi) is 7.34. The molecule has 1 nitrogen and oxygen atoms in total. The van der Waals surface area contributed by atoms with Gasteiger partial charge in [-0.15, -0.1) is 12.3 Å². The van der Waals surface area contributed by atoms with Gasteiger partial charge in [-0.05, 0) is 40.5 Å². The predicted molar refractivity (Wildman–Crippen MR) is 75.6 cm³/mol. The first-order chi connectivity index (χ1) is 7.87. The molecule has 0 aromatic carbocycles. The summed E-state index contributed by atoms with van der Waals surface area (Å²) in [6, 6.07) is 0. The van der Waals surface area contributed by atoms with Gasteiger partial charge in [0.05, 0.1) is 5.60 Å². The summed E-state index contributed by atoms with van der Waals surface area (Å²) in [4.78, 5) is 0. The van der Waals surface area contributed by atoms with E-state index in [1.165, 1.54) is 11.1 Å². The largest absolute Gasteiger partial charge is 0.385 e. The minimum Gasteiger partial charge on any atom is -0.385 e. The summed E-state index contributed by atoms with van der Waals surface area (Å²) in [7, 11) is 0. The van der Waals surface area contributed by atoms with E-state index in [0.717, 1.165) is 12.8 Å². The molecule has 0 spiro atoms. The van der Waals surface area contributed by atoms with Crippen LogP contribution in [0.3, 0.4) is 0 Å². The van der Waals surface area contributed by atoms with Crippen LogP contribution in [-0.2, 0) is 0 Å². The third-order valence-electron chi connectivity index (χ3n) is 2.39. The smallest absolute Gasteiger partial charge is 0.0911 e. The van der Waals surface area contributed by atoms with Crippen LogP contribution in [0.4, 0.5) is 0 Å². The highest BCUT2D eigenvalue weighted by molar-refractivity contribution is 5.16. The Morgan fingerprint density at radius 2 is 2.00 bits per heavy atom. The van der Waals surface area contributed by atoms with Crippen LogP contribution in [0.2, 0.25) is 0 Å². The van der Waals surface area contributed by atoms with E-state index in [4.69, 9.17) is 6.42 Å². The number of aliphatic hydroxyl groups is 1. The van der Waals surface area contributed by atoms with Crippen molar-refractivity contribution in [3.63, 3.8) is 0 Å². The van der Waals surface area contributed by atoms with Crippen LogP contribution in [0.1, 0.15) is 47.0 Å². The van der Waals surface area contributed by atoms with Crippen LogP contribution in [0.5, 0.6) is 0 Å². The van der Waals surface area contributed by atoms with Crippen LogP contribution in [0.15, 0.2) is 35.5 Å². The molecule has 0 radical (unpaired) electrons. The van der Waals surface area contributed by atoms with Gasteiger partial charge in [0.2, 0.25) is 0 Å². The normalized spacial score (nSPS) is 15.4. The maximum atomic E-state index is 9.81. The van der Waals surface area contributed by atoms with Gasteiger partial charge in [0.15, 0.2) is 0 Å². The van der Waals surface area contributed by atoms with E-state index in [1.54, 1.807) is 13.0 Å². The van der Waals surface area contributed by atoms with E-state index < -0.39 is 5.60 Å². The van der Waals surface area contributed by atoms with E-state index in [1.807, 2.05) is 12.2 Å². The topological polar surface area (TPSA) is 20.2 Å². The highest BCUT2D eigenvalue weighted by Crippen LogP contribution is 2.11. The monoisotopic (exact) mass is 232 g/mol. The lowest BCUT2D eigenvalue weighted by Gasteiger charge is -2.14. The average molecular weight is 232 g/mol. The van der Waals surface area contributed by atoms with Crippen molar-refractivity contribution in [1.29, 1.82) is 0 Å². The summed E-state index contributed by atoms with van der Waals surface area (Å²) >= 11 is 0. The number of hydrogen-bond acceptors (Lipinski definition) is 1. The maximum absolute atomic E-state index is 9.81. The van der Waals surface area contributed by atoms with Crippen molar-refractivity contribution in [3.05, 3.63) is 35.5 Å². The van der Waals surface area contributed by atoms with Crippen LogP contribution in [0.25, 0.3) is 0 Å². The fraction of sp³-hybridized carbons (Fsp3) is 0.500. The lowest BCUT2D eigenvalue weighted by atomic mass is 10.0. The molecule has 94 valence electrons. The molecule has 0 heterocycles. The van der Waals surface area contributed by atoms with Gasteiger partial charge in [0, 0.05) is 6.42 Å². The summed E-state index contributed by atoms with van der Waals surface area (Å²) in [6.07, 6.45) is 15.5. The van der Waals surface area contributed by atoms with Gasteiger partial charge in [-0.1, -0.05) is 35.5 Å². The maximum Gasteiger partial charge on any atom is 0.0911 e. The second-order valence-corrected chi connectivity index (χ2v) is 4.93. The molecule has 17 heavy (non-hydrogen) atoms. The fourth-order valence-corrected chi connectivity index (χ4v) is 1.36. The van der Waals surface area contributed by atoms with Crippen molar-refractivity contribution in [1.82, 2.24) is 0 Å². The van der Waals surface area contributed by atoms with Crippen molar-refractivity contribution < 1.29 is 5.11 Å². The minimum absolute atomic E-state index is 0.341. The zero-order chi connectivity index (χ0) is 13.3. The summed E-state index contributed by atoms with van der Waals surface area (Å²) in [5.74, 6) is 2.46. The molecular weight excluding hydrogens is 208 g/mol. The Labute approximate surface area is 106 Å². The van der Waals surface area contributed by atoms with Crippen molar-refractivity contribution in [3.8, 4) is 12.3 Å². The first-order valence-corrected chi connectivity index (χ1v) is 6.01. The molecule has 0 aromatic heterocycles. The lowest BCUT2D eigenvalue weighted by molar-refractivity contribution is 0.118. The van der Waals surface area contributed by atoms with Crippen molar-refractivity contribution in [2.24, 2.45) is 0 Å². The summed E-state index contributed by atoms with van der Waals surface area (Å²) in [6.45, 7) is 8.03. The van der Waals surface area contributed by atoms with Gasteiger partial charge in [-0.2, -0.15) is 0 Å². The zero-order valence-corrected chi connectivity index (χ0v) is 11.5. The Bertz CT molecular complexity index is 344. The van der Waals surface area contributed by atoms with Crippen LogP contribution in [-0.4, -0.2) is 10.7 Å². The predicted octanol–water partition coefficient (Wildman–Crippen LogP) is 4.01. The van der Waals surface area contributed by atoms with Crippen LogP contribution >= 0.6 is 0 Å². The molecule has 0 fully saturated rings. The molecule has 0 amide bonds. The molecule has 0 aliphatic rings. The van der Waals surface area contributed by atoms with Gasteiger partial charge in [-0.3, -0.25) is 0 Å². The highest BCUT2D eigenvalue weighted by atomic mass is 16.3. The third-order valence-corrected chi connectivity index (χ3v) is 2.39. The molecule has 0 bridgehead atoms. The van der Waals surface area contributed by atoms with Crippen molar-refractivity contribution >= 4 is 0 Å². The highest BCUT2D eigenvalue weighted by Gasteiger charge is 2.12. The van der Waals surface area contributed by atoms with Gasteiger partial charge in [0.1, 0.15) is 0 Å². The summed E-state index contributed by atoms with van der Waals surface area (Å²) in [5, 5.41) is 9.81. The number of terminal acetylenes is 1. The van der Waals surface area contributed by atoms with E-state index in [2.05, 4.69) is 32.8 Å². The quantitative estimate of drug-likeness (QED) is 0.417. The van der Waals surface area contributed by atoms with E-state index >= 15 is 0 Å². The first kappa shape index (κ1) is 15.7. The lowest BCUT2D eigenvalue weighted by Crippen LogP contribution is -2.19. The third kappa shape index (κ3) is 9.66. The van der Waals surface area contributed by atoms with Crippen LogP contribution < -0.4 is 0 Å². The number of allylic oxidation sites excluding steroid dienone is 5. The molecule has 0 rings (SSSR count). The van der Waals surface area contributed by atoms with Gasteiger partial charge in [0.25, 0.3) is 0 Å². The standard InChI is InChI=1S/C16H24O/c1-6-12-16(5,17)13-8-11-15(4)10-7-9-14(2)3/h1,8-9,11,13,17H,7,10,12H2,2-5H3/b13-8+,15-11+. The molecule has 1 unspecified atom stereocenters. The molecule has 0 saturated heterocycles. The number of hydrogen-bond donors (Lipinski definition) is 1. The molecule has 0 aromatic rings. The summed E-state index contributed by atoms with van der Waals surface area (Å²) < 4.78 is 0. The van der Waals surface area contributed by atoms with Gasteiger partial charge in [-0.25, -0.2) is 0 Å². The molecule has 1 heteroatoms.